The van der Waals surface area contributed by atoms with E-state index in [0.29, 0.717) is 18.6 Å². The molecule has 0 aliphatic carbocycles. The average molecular weight is 831 g/mol. The minimum atomic E-state index is -1.61. The fourth-order valence-electron chi connectivity index (χ4n) is 6.44. The monoisotopic (exact) mass is 830 g/mol. The molecule has 9 atom stereocenters. The summed E-state index contributed by atoms with van der Waals surface area (Å²) in [6.07, 6.45) is -3.47. The number of ketones is 1. The second-order valence-electron chi connectivity index (χ2n) is 13.5. The van der Waals surface area contributed by atoms with E-state index < -0.39 is 103 Å². The van der Waals surface area contributed by atoms with E-state index >= 15 is 0 Å². The van der Waals surface area contributed by atoms with Gasteiger partial charge >= 0.3 is 41.8 Å². The topological polar surface area (TPSA) is 229 Å². The lowest BCUT2D eigenvalue weighted by molar-refractivity contribution is -0.342. The van der Waals surface area contributed by atoms with Gasteiger partial charge in [-0.25, -0.2) is 4.79 Å². The third-order valence-electron chi connectivity index (χ3n) is 8.81. The molecule has 3 rings (SSSR count). The minimum Gasteiger partial charge on any atom is -0.471 e. The number of allylic oxidation sites excluding steroid dienone is 2. The highest BCUT2D eigenvalue weighted by atomic mass is 16.8. The molecular formula is C41H50O18. The van der Waals surface area contributed by atoms with Gasteiger partial charge in [-0.2, -0.15) is 0 Å². The molecule has 0 aromatic heterocycles. The quantitative estimate of drug-likeness (QED) is 0.0640. The maximum atomic E-state index is 13.2. The van der Waals surface area contributed by atoms with Crippen molar-refractivity contribution in [3.05, 3.63) is 66.5 Å². The van der Waals surface area contributed by atoms with Gasteiger partial charge < -0.3 is 47.4 Å². The van der Waals surface area contributed by atoms with E-state index in [1.54, 1.807) is 24.3 Å². The summed E-state index contributed by atoms with van der Waals surface area (Å²) in [6.45, 7) is 10.3. The van der Waals surface area contributed by atoms with Crippen LogP contribution >= 0.6 is 0 Å². The van der Waals surface area contributed by atoms with Crippen LogP contribution < -0.4 is 4.74 Å². The van der Waals surface area contributed by atoms with E-state index in [1.807, 2.05) is 0 Å². The molecule has 1 saturated heterocycles. The number of benzene rings is 1. The van der Waals surface area contributed by atoms with Gasteiger partial charge in [0.2, 0.25) is 12.6 Å². The molecule has 0 spiro atoms. The van der Waals surface area contributed by atoms with Crippen LogP contribution in [-0.2, 0) is 87.4 Å². The lowest BCUT2D eigenvalue weighted by Gasteiger charge is -2.45. The number of carbonyl (C=O) groups excluding carboxylic acids is 8. The standard InChI is InChI=1S/C41H50O18/c1-9-32-33(12-10-11-29(48)19-31(54-24(4)44)18-15-28-13-16-30(17-14-28)53-23(3)43)34(39(49)50-8)20-52-40(32)59-41-38(57-27(7)47)37(56-26(6)46)36(55-25(5)45)35(58-41)21-51-22(2)42/h9-11,13-14,16-17,20,31-33,35-38,40-41H,1,12,15,18-19,21H2,2-8H3/b11-10+/t31-,32+,33-,35+,36+,37-,38+,40-,41-/m0/s1. The van der Waals surface area contributed by atoms with Crippen LogP contribution in [0.25, 0.3) is 0 Å². The van der Waals surface area contributed by atoms with Crippen molar-refractivity contribution in [3.8, 4) is 5.75 Å². The Labute approximate surface area is 341 Å². The van der Waals surface area contributed by atoms with Crippen LogP contribution in [0.4, 0.5) is 0 Å². The van der Waals surface area contributed by atoms with Gasteiger partial charge in [-0.3, -0.25) is 33.6 Å². The lowest BCUT2D eigenvalue weighted by Crippen LogP contribution is -2.63. The lowest BCUT2D eigenvalue weighted by atomic mass is 9.81. The van der Waals surface area contributed by atoms with Crippen LogP contribution in [0.3, 0.4) is 0 Å². The first-order chi connectivity index (χ1) is 27.9. The van der Waals surface area contributed by atoms with Gasteiger partial charge in [0.05, 0.1) is 18.9 Å². The number of rotatable bonds is 19. The summed E-state index contributed by atoms with van der Waals surface area (Å²) in [7, 11) is 1.17. The molecule has 1 aromatic carbocycles. The summed E-state index contributed by atoms with van der Waals surface area (Å²) in [4.78, 5) is 97.7. The molecule has 0 radical (unpaired) electrons. The molecule has 18 heteroatoms. The zero-order valence-electron chi connectivity index (χ0n) is 33.9. The molecule has 2 heterocycles. The van der Waals surface area contributed by atoms with Crippen molar-refractivity contribution in [2.75, 3.05) is 13.7 Å². The van der Waals surface area contributed by atoms with Crippen LogP contribution in [-0.4, -0.2) is 104 Å². The fourth-order valence-corrected chi connectivity index (χ4v) is 6.44. The maximum Gasteiger partial charge on any atom is 0.337 e. The minimum absolute atomic E-state index is 0.0397. The Morgan fingerprint density at radius 1 is 0.780 bits per heavy atom. The second-order valence-corrected chi connectivity index (χ2v) is 13.5. The number of methoxy groups -OCH3 is 1. The molecular weight excluding hydrogens is 780 g/mol. The zero-order chi connectivity index (χ0) is 43.8. The fraction of sp³-hybridized carbons (Fsp3) is 0.512. The molecule has 322 valence electrons. The molecule has 1 aromatic rings. The summed E-state index contributed by atoms with van der Waals surface area (Å²) >= 11 is 0. The second kappa shape index (κ2) is 22.9. The van der Waals surface area contributed by atoms with Gasteiger partial charge in [-0.15, -0.1) is 6.58 Å². The molecule has 2 aliphatic heterocycles. The van der Waals surface area contributed by atoms with Gasteiger partial charge in [0.1, 0.15) is 24.6 Å². The van der Waals surface area contributed by atoms with E-state index in [1.165, 1.54) is 39.2 Å². The van der Waals surface area contributed by atoms with Gasteiger partial charge in [0.15, 0.2) is 24.1 Å². The van der Waals surface area contributed by atoms with Crippen molar-refractivity contribution in [3.63, 3.8) is 0 Å². The highest BCUT2D eigenvalue weighted by Crippen LogP contribution is 2.38. The summed E-state index contributed by atoms with van der Waals surface area (Å²) < 4.78 is 55.1. The molecule has 18 nitrogen and oxygen atoms in total. The van der Waals surface area contributed by atoms with Crippen LogP contribution in [0, 0.1) is 11.8 Å². The molecule has 59 heavy (non-hydrogen) atoms. The van der Waals surface area contributed by atoms with Crippen molar-refractivity contribution >= 4 is 47.6 Å². The number of aryl methyl sites for hydroxylation is 1. The highest BCUT2D eigenvalue weighted by molar-refractivity contribution is 5.90. The van der Waals surface area contributed by atoms with Crippen molar-refractivity contribution in [1.82, 2.24) is 0 Å². The van der Waals surface area contributed by atoms with E-state index in [0.717, 1.165) is 39.5 Å². The Balaban J connectivity index is 1.85. The third kappa shape index (κ3) is 15.1. The highest BCUT2D eigenvalue weighted by Gasteiger charge is 2.54. The Morgan fingerprint density at radius 3 is 1.97 bits per heavy atom. The van der Waals surface area contributed by atoms with Gasteiger partial charge in [-0.05, 0) is 43.0 Å². The SMILES string of the molecule is C=C[C@H]1[C@H](O[C@@H]2O[C@H](COC(C)=O)[C@@H](OC(C)=O)[C@H](OC(C)=O)[C@H]2OC(C)=O)OC=C(C(=O)OC)[C@H]1C/C=C/C(=O)C[C@H](CCc1ccc(OC(C)=O)cc1)OC(C)=O. The predicted octanol–water partition coefficient (Wildman–Crippen LogP) is 3.31. The van der Waals surface area contributed by atoms with Crippen LogP contribution in [0.1, 0.15) is 66.4 Å². The molecule has 0 unspecified atom stereocenters. The Hall–Kier alpha value is -5.88. The Kier molecular flexibility index (Phi) is 18.4. The molecule has 0 N–H and O–H groups in total. The number of hydrogen-bond acceptors (Lipinski definition) is 18. The molecule has 0 bridgehead atoms. The van der Waals surface area contributed by atoms with E-state index in [9.17, 15) is 38.4 Å². The van der Waals surface area contributed by atoms with Gasteiger partial charge in [0, 0.05) is 59.8 Å². The summed E-state index contributed by atoms with van der Waals surface area (Å²) in [6, 6.07) is 6.78. The molecule has 2 aliphatic rings. The predicted molar refractivity (Wildman–Crippen MR) is 200 cm³/mol. The first-order valence-electron chi connectivity index (χ1n) is 18.6. The van der Waals surface area contributed by atoms with Crippen LogP contribution in [0.15, 0.2) is 60.9 Å². The largest absolute Gasteiger partial charge is 0.471 e. The van der Waals surface area contributed by atoms with Crippen molar-refractivity contribution in [2.24, 2.45) is 11.8 Å². The third-order valence-corrected chi connectivity index (χ3v) is 8.81. The van der Waals surface area contributed by atoms with Crippen LogP contribution in [0.5, 0.6) is 5.75 Å². The van der Waals surface area contributed by atoms with E-state index in [4.69, 9.17) is 47.4 Å². The normalized spacial score (nSPS) is 24.2. The first-order valence-corrected chi connectivity index (χ1v) is 18.6. The van der Waals surface area contributed by atoms with Crippen molar-refractivity contribution in [1.29, 1.82) is 0 Å². The van der Waals surface area contributed by atoms with E-state index in [2.05, 4.69) is 6.58 Å². The number of esters is 7. The first kappa shape index (κ1) is 47.5. The maximum absolute atomic E-state index is 13.2. The summed E-state index contributed by atoms with van der Waals surface area (Å²) in [5, 5.41) is 0. The number of hydrogen-bond donors (Lipinski definition) is 0. The summed E-state index contributed by atoms with van der Waals surface area (Å²) in [5.74, 6) is -6.63. The van der Waals surface area contributed by atoms with Gasteiger partial charge in [0.25, 0.3) is 0 Å². The van der Waals surface area contributed by atoms with Crippen molar-refractivity contribution in [2.45, 2.75) is 110 Å². The zero-order valence-corrected chi connectivity index (χ0v) is 33.9. The molecule has 0 saturated carbocycles. The van der Waals surface area contributed by atoms with Crippen molar-refractivity contribution < 1.29 is 85.7 Å². The molecule has 1 fully saturated rings. The Morgan fingerprint density at radius 2 is 1.41 bits per heavy atom. The Bertz CT molecular complexity index is 1760. The average Bonchev–Trinajstić information content (AvgIpc) is 3.14. The number of ether oxygens (including phenoxy) is 10. The molecule has 0 amide bonds. The van der Waals surface area contributed by atoms with Gasteiger partial charge in [-0.1, -0.05) is 24.3 Å². The summed E-state index contributed by atoms with van der Waals surface area (Å²) in [5.41, 5.74) is 0.923. The van der Waals surface area contributed by atoms with Crippen LogP contribution in [0.2, 0.25) is 0 Å². The smallest absolute Gasteiger partial charge is 0.337 e. The van der Waals surface area contributed by atoms with E-state index in [-0.39, 0.29) is 24.2 Å². The number of carbonyl (C=O) groups is 8.